The number of rotatable bonds is 2. The molecule has 2 nitrogen and oxygen atoms in total. The second-order valence-corrected chi connectivity index (χ2v) is 4.67. The molecule has 1 saturated heterocycles. The normalized spacial score (nSPS) is 25.4. The summed E-state index contributed by atoms with van der Waals surface area (Å²) >= 11 is 0. The van der Waals surface area contributed by atoms with E-state index in [0.717, 1.165) is 6.54 Å². The lowest BCUT2D eigenvalue weighted by Crippen LogP contribution is -2.40. The maximum atomic E-state index is 3.95. The lowest BCUT2D eigenvalue weighted by Gasteiger charge is -2.38. The maximum absolute atomic E-state index is 3.95. The van der Waals surface area contributed by atoms with Gasteiger partial charge in [-0.15, -0.1) is 0 Å². The van der Waals surface area contributed by atoms with Crippen molar-refractivity contribution in [3.05, 3.63) is 36.6 Å². The molecule has 0 aliphatic carbocycles. The van der Waals surface area contributed by atoms with E-state index in [1.807, 2.05) is 12.2 Å². The van der Waals surface area contributed by atoms with Crippen LogP contribution in [0.2, 0.25) is 0 Å². The average molecular weight is 204 g/mol. The fraction of sp³-hybridized carbons (Fsp3) is 0.538. The molecule has 2 rings (SSSR count). The van der Waals surface area contributed by atoms with Crippen LogP contribution >= 0.6 is 0 Å². The third-order valence-electron chi connectivity index (χ3n) is 3.83. The minimum absolute atomic E-state index is 0.331. The van der Waals surface area contributed by atoms with Gasteiger partial charge in [0.2, 0.25) is 0 Å². The highest BCUT2D eigenvalue weighted by molar-refractivity contribution is 5.40. The summed E-state index contributed by atoms with van der Waals surface area (Å²) in [5, 5.41) is 3.45. The van der Waals surface area contributed by atoms with Gasteiger partial charge < -0.3 is 10.2 Å². The van der Waals surface area contributed by atoms with Crippen molar-refractivity contribution >= 4 is 0 Å². The van der Waals surface area contributed by atoms with Crippen molar-refractivity contribution in [1.29, 1.82) is 0 Å². The van der Waals surface area contributed by atoms with Crippen LogP contribution < -0.4 is 5.32 Å². The second kappa shape index (κ2) is 3.86. The molecule has 0 bridgehead atoms. The Hall–Kier alpha value is -1.02. The van der Waals surface area contributed by atoms with E-state index in [1.165, 1.54) is 37.2 Å². The quantitative estimate of drug-likeness (QED) is 0.739. The third kappa shape index (κ3) is 1.63. The van der Waals surface area contributed by atoms with Crippen LogP contribution in [0.4, 0.5) is 0 Å². The molecule has 2 heterocycles. The Labute approximate surface area is 92.3 Å². The summed E-state index contributed by atoms with van der Waals surface area (Å²) in [6.07, 6.45) is 6.40. The Morgan fingerprint density at radius 1 is 1.27 bits per heavy atom. The largest absolute Gasteiger partial charge is 0.384 e. The van der Waals surface area contributed by atoms with Crippen molar-refractivity contribution in [3.63, 3.8) is 0 Å². The van der Waals surface area contributed by atoms with E-state index in [4.69, 9.17) is 0 Å². The summed E-state index contributed by atoms with van der Waals surface area (Å²) in [7, 11) is 2.20. The molecule has 82 valence electrons. The highest BCUT2D eigenvalue weighted by atomic mass is 15.1. The summed E-state index contributed by atoms with van der Waals surface area (Å²) in [5.74, 6) is 0. The highest BCUT2D eigenvalue weighted by Gasteiger charge is 2.40. The smallest absolute Gasteiger partial charge is 0.0373 e. The summed E-state index contributed by atoms with van der Waals surface area (Å²) in [6, 6.07) is 0. The summed E-state index contributed by atoms with van der Waals surface area (Å²) in [5.41, 5.74) is 2.90. The van der Waals surface area contributed by atoms with Gasteiger partial charge in [-0.25, -0.2) is 0 Å². The first-order valence-corrected chi connectivity index (χ1v) is 5.64. The summed E-state index contributed by atoms with van der Waals surface area (Å²) in [6.45, 7) is 11.2. The molecular weight excluding hydrogens is 184 g/mol. The number of nitrogens with zero attached hydrogens (tertiary/aromatic N) is 1. The lowest BCUT2D eigenvalue weighted by atomic mass is 9.73. The molecule has 0 amide bonds. The number of allylic oxidation sites excluding steroid dienone is 2. The van der Waals surface area contributed by atoms with Crippen LogP contribution in [0, 0.1) is 5.41 Å². The van der Waals surface area contributed by atoms with Gasteiger partial charge in [-0.1, -0.05) is 19.2 Å². The van der Waals surface area contributed by atoms with Crippen LogP contribution in [0.3, 0.4) is 0 Å². The minimum atomic E-state index is 0.331. The van der Waals surface area contributed by atoms with E-state index >= 15 is 0 Å². The summed E-state index contributed by atoms with van der Waals surface area (Å²) in [4.78, 5) is 2.40. The van der Waals surface area contributed by atoms with Gasteiger partial charge in [0.15, 0.2) is 0 Å². The van der Waals surface area contributed by atoms with Gasteiger partial charge in [-0.05, 0) is 44.6 Å². The van der Waals surface area contributed by atoms with Crippen LogP contribution in [0.25, 0.3) is 0 Å². The standard InChI is InChI=1S/C13H20N2/c1-4-11-12(5-2)14-10-13(11)6-8-15(3)9-7-13/h4-5,14H,1-2,6-10H2,3H3. The van der Waals surface area contributed by atoms with Crippen molar-refractivity contribution in [3.8, 4) is 0 Å². The monoisotopic (exact) mass is 204 g/mol. The first-order chi connectivity index (χ1) is 7.22. The zero-order chi connectivity index (χ0) is 10.9. The van der Waals surface area contributed by atoms with Gasteiger partial charge in [0.05, 0.1) is 0 Å². The molecule has 0 aromatic carbocycles. The summed E-state index contributed by atoms with van der Waals surface area (Å²) < 4.78 is 0. The van der Waals surface area contributed by atoms with E-state index in [2.05, 4.69) is 30.4 Å². The number of hydrogen-bond acceptors (Lipinski definition) is 2. The molecule has 0 aromatic rings. The average Bonchev–Trinajstić information content (AvgIpc) is 2.61. The second-order valence-electron chi connectivity index (χ2n) is 4.67. The van der Waals surface area contributed by atoms with E-state index < -0.39 is 0 Å². The number of nitrogens with one attached hydrogen (secondary N) is 1. The van der Waals surface area contributed by atoms with E-state index in [1.54, 1.807) is 0 Å². The Kier molecular flexibility index (Phi) is 2.70. The van der Waals surface area contributed by atoms with Crippen molar-refractivity contribution in [2.75, 3.05) is 26.7 Å². The maximum Gasteiger partial charge on any atom is 0.0373 e. The number of hydrogen-bond donors (Lipinski definition) is 1. The molecule has 2 aliphatic heterocycles. The van der Waals surface area contributed by atoms with Crippen molar-refractivity contribution in [2.45, 2.75) is 12.8 Å². The van der Waals surface area contributed by atoms with Gasteiger partial charge in [0.1, 0.15) is 0 Å². The molecule has 0 aromatic heterocycles. The topological polar surface area (TPSA) is 15.3 Å². The molecule has 1 N–H and O–H groups in total. The Bertz CT molecular complexity index is 306. The molecule has 2 heteroatoms. The third-order valence-corrected chi connectivity index (χ3v) is 3.83. The van der Waals surface area contributed by atoms with Gasteiger partial charge in [-0.2, -0.15) is 0 Å². The minimum Gasteiger partial charge on any atom is -0.384 e. The molecular formula is C13H20N2. The van der Waals surface area contributed by atoms with Gasteiger partial charge in [0, 0.05) is 17.7 Å². The van der Waals surface area contributed by atoms with Crippen molar-refractivity contribution in [1.82, 2.24) is 10.2 Å². The van der Waals surface area contributed by atoms with E-state index in [9.17, 15) is 0 Å². The van der Waals surface area contributed by atoms with E-state index in [0.29, 0.717) is 5.41 Å². The van der Waals surface area contributed by atoms with Crippen LogP contribution in [0.15, 0.2) is 36.6 Å². The van der Waals surface area contributed by atoms with Crippen LogP contribution in [-0.4, -0.2) is 31.6 Å². The van der Waals surface area contributed by atoms with Crippen molar-refractivity contribution in [2.24, 2.45) is 5.41 Å². The van der Waals surface area contributed by atoms with Gasteiger partial charge in [0.25, 0.3) is 0 Å². The molecule has 0 unspecified atom stereocenters. The molecule has 1 fully saturated rings. The zero-order valence-corrected chi connectivity index (χ0v) is 9.55. The molecule has 0 atom stereocenters. The predicted octanol–water partition coefficient (Wildman–Crippen LogP) is 1.93. The molecule has 0 radical (unpaired) electrons. The Balaban J connectivity index is 2.26. The van der Waals surface area contributed by atoms with Crippen LogP contribution in [0.1, 0.15) is 12.8 Å². The predicted molar refractivity (Wildman–Crippen MR) is 64.6 cm³/mol. The molecule has 1 spiro atoms. The molecule has 2 aliphatic rings. The first-order valence-electron chi connectivity index (χ1n) is 5.64. The lowest BCUT2D eigenvalue weighted by molar-refractivity contribution is 0.167. The molecule has 15 heavy (non-hydrogen) atoms. The van der Waals surface area contributed by atoms with Gasteiger partial charge in [-0.3, -0.25) is 0 Å². The van der Waals surface area contributed by atoms with Crippen molar-refractivity contribution < 1.29 is 0 Å². The van der Waals surface area contributed by atoms with Gasteiger partial charge >= 0.3 is 0 Å². The van der Waals surface area contributed by atoms with E-state index in [-0.39, 0.29) is 0 Å². The Morgan fingerprint density at radius 3 is 2.47 bits per heavy atom. The zero-order valence-electron chi connectivity index (χ0n) is 9.55. The van der Waals surface area contributed by atoms with Crippen LogP contribution in [0.5, 0.6) is 0 Å². The number of piperidine rings is 1. The highest BCUT2D eigenvalue weighted by Crippen LogP contribution is 2.43. The van der Waals surface area contributed by atoms with Crippen LogP contribution in [-0.2, 0) is 0 Å². The number of likely N-dealkylation sites (tertiary alicyclic amines) is 1. The molecule has 0 saturated carbocycles. The fourth-order valence-corrected chi connectivity index (χ4v) is 2.74. The fourth-order valence-electron chi connectivity index (χ4n) is 2.74. The SMILES string of the molecule is C=CC1=C(C=C)C2(CCN(C)CC2)CN1. The first kappa shape index (κ1) is 10.5. The Morgan fingerprint density at radius 2 is 1.93 bits per heavy atom.